The van der Waals surface area contributed by atoms with Crippen molar-refractivity contribution in [1.82, 2.24) is 4.90 Å². The van der Waals surface area contributed by atoms with Crippen molar-refractivity contribution in [3.8, 4) is 11.5 Å². The van der Waals surface area contributed by atoms with Gasteiger partial charge in [0, 0.05) is 24.6 Å². The SMILES string of the molecule is CC12CCC(=O)[C@@H]3Oc4c(O)ccc5c4C31CCN(CC1CCC1)C2C5. The highest BCUT2D eigenvalue weighted by Crippen LogP contribution is 2.68. The summed E-state index contributed by atoms with van der Waals surface area (Å²) in [7, 11) is 0. The highest BCUT2D eigenvalue weighted by molar-refractivity contribution is 5.89. The summed E-state index contributed by atoms with van der Waals surface area (Å²) in [5, 5.41) is 10.4. The van der Waals surface area contributed by atoms with E-state index in [9.17, 15) is 9.90 Å². The summed E-state index contributed by atoms with van der Waals surface area (Å²) in [6, 6.07) is 4.33. The normalized spacial score (nSPS) is 40.7. The molecular weight excluding hydrogens is 326 g/mol. The number of phenols is 1. The first-order valence-electron chi connectivity index (χ1n) is 10.3. The second-order valence-corrected chi connectivity index (χ2v) is 9.56. The van der Waals surface area contributed by atoms with Crippen LogP contribution >= 0.6 is 0 Å². The first-order valence-corrected chi connectivity index (χ1v) is 10.3. The lowest BCUT2D eigenvalue weighted by atomic mass is 9.44. The summed E-state index contributed by atoms with van der Waals surface area (Å²) in [6.45, 7) is 4.68. The van der Waals surface area contributed by atoms with Gasteiger partial charge in [-0.3, -0.25) is 9.69 Å². The lowest BCUT2D eigenvalue weighted by Crippen LogP contribution is -2.71. The molecule has 5 aliphatic rings. The topological polar surface area (TPSA) is 49.8 Å². The minimum absolute atomic E-state index is 0.0552. The molecule has 4 nitrogen and oxygen atoms in total. The quantitative estimate of drug-likeness (QED) is 0.887. The van der Waals surface area contributed by atoms with E-state index in [1.54, 1.807) is 6.07 Å². The molecule has 2 heterocycles. The molecule has 138 valence electrons. The molecule has 1 spiro atoms. The Balaban J connectivity index is 1.53. The number of carbonyl (C=O) groups excluding carboxylic acids is 1. The summed E-state index contributed by atoms with van der Waals surface area (Å²) in [5.41, 5.74) is 2.30. The van der Waals surface area contributed by atoms with Crippen molar-refractivity contribution in [2.24, 2.45) is 11.3 Å². The van der Waals surface area contributed by atoms with Crippen molar-refractivity contribution < 1.29 is 14.6 Å². The van der Waals surface area contributed by atoms with Gasteiger partial charge in [0.2, 0.25) is 0 Å². The number of carbonyl (C=O) groups is 1. The zero-order valence-corrected chi connectivity index (χ0v) is 15.5. The van der Waals surface area contributed by atoms with Gasteiger partial charge in [-0.15, -0.1) is 0 Å². The van der Waals surface area contributed by atoms with Gasteiger partial charge in [-0.1, -0.05) is 19.4 Å². The number of piperidine rings is 1. The van der Waals surface area contributed by atoms with E-state index in [2.05, 4.69) is 17.9 Å². The Morgan fingerprint density at radius 2 is 2.15 bits per heavy atom. The Morgan fingerprint density at radius 3 is 2.92 bits per heavy atom. The van der Waals surface area contributed by atoms with Crippen molar-refractivity contribution in [1.29, 1.82) is 0 Å². The van der Waals surface area contributed by atoms with Crippen molar-refractivity contribution in [2.75, 3.05) is 13.1 Å². The van der Waals surface area contributed by atoms with Crippen molar-refractivity contribution in [3.63, 3.8) is 0 Å². The van der Waals surface area contributed by atoms with Crippen LogP contribution in [0.2, 0.25) is 0 Å². The van der Waals surface area contributed by atoms with Crippen molar-refractivity contribution in [2.45, 2.75) is 69.4 Å². The van der Waals surface area contributed by atoms with E-state index in [1.165, 1.54) is 36.9 Å². The highest BCUT2D eigenvalue weighted by atomic mass is 16.5. The molecule has 2 saturated carbocycles. The molecule has 4 heteroatoms. The number of rotatable bonds is 2. The molecule has 2 bridgehead atoms. The van der Waals surface area contributed by atoms with Gasteiger partial charge >= 0.3 is 0 Å². The van der Waals surface area contributed by atoms with Gasteiger partial charge in [-0.25, -0.2) is 0 Å². The lowest BCUT2D eigenvalue weighted by molar-refractivity contribution is -0.153. The third kappa shape index (κ3) is 1.60. The molecule has 0 amide bonds. The Labute approximate surface area is 154 Å². The standard InChI is InChI=1S/C22H27NO3/c1-21-8-7-16(25)20-22(21)9-10-23(12-13-3-2-4-13)17(21)11-14-5-6-15(24)19(26-20)18(14)22/h5-6,13,17,20,24H,2-4,7-12H2,1H3/t17?,20-,21?,22?/m0/s1. The summed E-state index contributed by atoms with van der Waals surface area (Å²) < 4.78 is 6.22. The van der Waals surface area contributed by atoms with E-state index in [0.29, 0.717) is 18.2 Å². The molecule has 1 aromatic carbocycles. The Morgan fingerprint density at radius 1 is 1.31 bits per heavy atom. The molecule has 26 heavy (non-hydrogen) atoms. The molecular formula is C22H27NO3. The molecule has 3 unspecified atom stereocenters. The van der Waals surface area contributed by atoms with Crippen LogP contribution < -0.4 is 4.74 Å². The fourth-order valence-corrected chi connectivity index (χ4v) is 7.08. The smallest absolute Gasteiger partial charge is 0.174 e. The number of benzene rings is 1. The number of likely N-dealkylation sites (tertiary alicyclic amines) is 1. The third-order valence-corrected chi connectivity index (χ3v) is 8.66. The fraction of sp³-hybridized carbons (Fsp3) is 0.682. The van der Waals surface area contributed by atoms with Crippen LogP contribution in [0, 0.1) is 11.3 Å². The molecule has 1 aromatic rings. The van der Waals surface area contributed by atoms with Crippen LogP contribution in [-0.2, 0) is 16.6 Å². The van der Waals surface area contributed by atoms with Crippen molar-refractivity contribution >= 4 is 5.78 Å². The molecule has 0 aromatic heterocycles. The van der Waals surface area contributed by atoms with Crippen LogP contribution in [0.5, 0.6) is 11.5 Å². The molecule has 3 aliphatic carbocycles. The first kappa shape index (κ1) is 15.5. The van der Waals surface area contributed by atoms with E-state index in [-0.39, 0.29) is 22.4 Å². The molecule has 4 atom stereocenters. The van der Waals surface area contributed by atoms with Gasteiger partial charge in [-0.2, -0.15) is 0 Å². The Bertz CT molecular complexity index is 816. The summed E-state index contributed by atoms with van der Waals surface area (Å²) in [4.78, 5) is 15.6. The number of phenolic OH excluding ortho intramolecular Hbond substituents is 1. The first-order chi connectivity index (χ1) is 12.5. The maximum atomic E-state index is 12.9. The number of ketones is 1. The molecule has 2 aliphatic heterocycles. The second-order valence-electron chi connectivity index (χ2n) is 9.56. The maximum Gasteiger partial charge on any atom is 0.174 e. The largest absolute Gasteiger partial charge is 0.504 e. The predicted octanol–water partition coefficient (Wildman–Crippen LogP) is 3.19. The Kier molecular flexibility index (Phi) is 2.88. The summed E-state index contributed by atoms with van der Waals surface area (Å²) in [6.07, 6.45) is 7.32. The van der Waals surface area contributed by atoms with Crippen LogP contribution in [0.3, 0.4) is 0 Å². The minimum Gasteiger partial charge on any atom is -0.504 e. The van der Waals surface area contributed by atoms with Gasteiger partial charge in [0.05, 0.1) is 5.41 Å². The summed E-state index contributed by atoms with van der Waals surface area (Å²) >= 11 is 0. The molecule has 1 N–H and O–H groups in total. The van der Waals surface area contributed by atoms with E-state index >= 15 is 0 Å². The average Bonchev–Trinajstić information content (AvgIpc) is 2.93. The Hall–Kier alpha value is -1.55. The van der Waals surface area contributed by atoms with E-state index in [4.69, 9.17) is 4.74 Å². The highest BCUT2D eigenvalue weighted by Gasteiger charge is 2.71. The van der Waals surface area contributed by atoms with Gasteiger partial charge < -0.3 is 9.84 Å². The molecule has 0 radical (unpaired) electrons. The monoisotopic (exact) mass is 353 g/mol. The van der Waals surface area contributed by atoms with E-state index in [1.807, 2.05) is 0 Å². The van der Waals surface area contributed by atoms with Gasteiger partial charge in [0.15, 0.2) is 23.4 Å². The number of ether oxygens (including phenoxy) is 1. The fourth-order valence-electron chi connectivity index (χ4n) is 7.08. The van der Waals surface area contributed by atoms with Crippen LogP contribution in [-0.4, -0.2) is 41.0 Å². The maximum absolute atomic E-state index is 12.9. The van der Waals surface area contributed by atoms with Crippen LogP contribution in [0.1, 0.15) is 56.6 Å². The van der Waals surface area contributed by atoms with Crippen LogP contribution in [0.15, 0.2) is 12.1 Å². The van der Waals surface area contributed by atoms with Crippen LogP contribution in [0.4, 0.5) is 0 Å². The number of hydrogen-bond donors (Lipinski definition) is 1. The zero-order valence-electron chi connectivity index (χ0n) is 15.5. The average molecular weight is 353 g/mol. The molecule has 3 fully saturated rings. The van der Waals surface area contributed by atoms with E-state index < -0.39 is 6.10 Å². The number of aromatic hydroxyl groups is 1. The lowest BCUT2D eigenvalue weighted by Gasteiger charge is -2.64. The van der Waals surface area contributed by atoms with Crippen molar-refractivity contribution in [3.05, 3.63) is 23.3 Å². The summed E-state index contributed by atoms with van der Waals surface area (Å²) in [5.74, 6) is 1.92. The number of Topliss-reactive ketones (excluding diaryl/α,β-unsaturated/α-hetero) is 1. The predicted molar refractivity (Wildman–Crippen MR) is 97.6 cm³/mol. The minimum atomic E-state index is -0.392. The number of hydrogen-bond acceptors (Lipinski definition) is 4. The molecule has 6 rings (SSSR count). The second kappa shape index (κ2) is 4.83. The third-order valence-electron chi connectivity index (χ3n) is 8.66. The van der Waals surface area contributed by atoms with Gasteiger partial charge in [-0.05, 0) is 61.6 Å². The number of nitrogens with zero attached hydrogens (tertiary/aromatic N) is 1. The van der Waals surface area contributed by atoms with Gasteiger partial charge in [0.1, 0.15) is 0 Å². The van der Waals surface area contributed by atoms with Crippen LogP contribution in [0.25, 0.3) is 0 Å². The molecule has 1 saturated heterocycles. The van der Waals surface area contributed by atoms with E-state index in [0.717, 1.165) is 31.7 Å². The van der Waals surface area contributed by atoms with Gasteiger partial charge in [0.25, 0.3) is 0 Å². The zero-order chi connectivity index (χ0) is 17.7.